The van der Waals surface area contributed by atoms with Crippen molar-refractivity contribution in [2.24, 2.45) is 11.8 Å². The molecule has 2 saturated heterocycles. The molecule has 0 bridgehead atoms. The summed E-state index contributed by atoms with van der Waals surface area (Å²) in [6.45, 7) is 1.40. The van der Waals surface area contributed by atoms with Crippen molar-refractivity contribution in [3.8, 4) is 11.9 Å². The van der Waals surface area contributed by atoms with E-state index in [4.69, 9.17) is 14.7 Å². The van der Waals surface area contributed by atoms with E-state index in [2.05, 4.69) is 15.7 Å². The van der Waals surface area contributed by atoms with Crippen molar-refractivity contribution in [3.63, 3.8) is 0 Å². The first-order valence-corrected chi connectivity index (χ1v) is 10.2. The van der Waals surface area contributed by atoms with Gasteiger partial charge in [0.05, 0.1) is 36.5 Å². The molecule has 0 saturated carbocycles. The van der Waals surface area contributed by atoms with Gasteiger partial charge in [-0.25, -0.2) is 9.18 Å². The third-order valence-corrected chi connectivity index (χ3v) is 5.76. The van der Waals surface area contributed by atoms with Gasteiger partial charge in [-0.3, -0.25) is 4.90 Å². The minimum atomic E-state index is -0.562. The molecule has 4 rings (SSSR count). The largest absolute Gasteiger partial charge is 0.471 e. The first-order valence-electron chi connectivity index (χ1n) is 10.2. The summed E-state index contributed by atoms with van der Waals surface area (Å²) in [4.78, 5) is 15.5. The van der Waals surface area contributed by atoms with Gasteiger partial charge in [-0.05, 0) is 42.1 Å². The molecule has 2 aromatic rings. The second-order valence-corrected chi connectivity index (χ2v) is 7.64. The monoisotopic (exact) mass is 430 g/mol. The molecule has 2 aliphatic heterocycles. The van der Waals surface area contributed by atoms with E-state index in [9.17, 15) is 14.3 Å². The van der Waals surface area contributed by atoms with E-state index in [1.165, 1.54) is 17.2 Å². The van der Waals surface area contributed by atoms with Gasteiger partial charge in [0.1, 0.15) is 18.7 Å². The molecular weight excluding hydrogens is 407 g/mol. The Bertz CT molecular complexity index is 940. The summed E-state index contributed by atoms with van der Waals surface area (Å²) in [6, 6.07) is 8.37. The summed E-state index contributed by atoms with van der Waals surface area (Å²) in [5, 5.41) is 22.1. The average molecular weight is 430 g/mol. The van der Waals surface area contributed by atoms with Crippen molar-refractivity contribution in [2.45, 2.75) is 18.9 Å². The molecule has 1 aromatic heterocycles. The first kappa shape index (κ1) is 20.9. The van der Waals surface area contributed by atoms with Crippen molar-refractivity contribution in [3.05, 3.63) is 36.3 Å². The molecule has 1 unspecified atom stereocenters. The van der Waals surface area contributed by atoms with Gasteiger partial charge in [0.2, 0.25) is 0 Å². The second-order valence-electron chi connectivity index (χ2n) is 7.64. The van der Waals surface area contributed by atoms with E-state index >= 15 is 0 Å². The zero-order chi connectivity index (χ0) is 21.8. The standard InChI is InChI=1S/C21H23FN4O5/c22-18-9-16(26-11-17(31-21(26)28)13-29-20-5-8-30-24-20)1-2-19(18)25-6-3-14(4-7-25)15(10-23)12-27/h1-2,5,8-9,14-15,17,27H,3-4,6-7,11-13H2/t15?,17-/m1/s1. The Labute approximate surface area is 178 Å². The first-order chi connectivity index (χ1) is 15.1. The highest BCUT2D eigenvalue weighted by molar-refractivity contribution is 5.90. The van der Waals surface area contributed by atoms with Crippen molar-refractivity contribution in [2.75, 3.05) is 42.6 Å². The van der Waals surface area contributed by atoms with E-state index in [-0.39, 0.29) is 31.6 Å². The Balaban J connectivity index is 1.36. The number of rotatable bonds is 7. The van der Waals surface area contributed by atoms with Crippen LogP contribution in [0, 0.1) is 29.0 Å². The normalized spacial score (nSPS) is 20.4. The molecule has 3 heterocycles. The summed E-state index contributed by atoms with van der Waals surface area (Å²) in [5.74, 6) is -0.389. The lowest BCUT2D eigenvalue weighted by Gasteiger charge is -2.35. The number of aliphatic hydroxyl groups is 1. The van der Waals surface area contributed by atoms with Gasteiger partial charge in [0.25, 0.3) is 5.88 Å². The Morgan fingerprint density at radius 3 is 2.81 bits per heavy atom. The molecule has 0 spiro atoms. The summed E-state index contributed by atoms with van der Waals surface area (Å²) < 4.78 is 30.3. The van der Waals surface area contributed by atoms with Gasteiger partial charge in [0.15, 0.2) is 6.10 Å². The average Bonchev–Trinajstić information content (AvgIpc) is 3.43. The van der Waals surface area contributed by atoms with Crippen molar-refractivity contribution < 1.29 is 28.3 Å². The van der Waals surface area contributed by atoms with Crippen LogP contribution in [0.25, 0.3) is 0 Å². The maximum absolute atomic E-state index is 14.9. The zero-order valence-electron chi connectivity index (χ0n) is 16.8. The van der Waals surface area contributed by atoms with Crippen LogP contribution in [0.2, 0.25) is 0 Å². The number of benzene rings is 1. The van der Waals surface area contributed by atoms with Crippen LogP contribution in [0.15, 0.2) is 35.1 Å². The van der Waals surface area contributed by atoms with Crippen LogP contribution < -0.4 is 14.5 Å². The fourth-order valence-electron chi connectivity index (χ4n) is 4.03. The number of cyclic esters (lactones) is 1. The Kier molecular flexibility index (Phi) is 6.23. The number of nitriles is 1. The fourth-order valence-corrected chi connectivity index (χ4v) is 4.03. The quantitative estimate of drug-likeness (QED) is 0.713. The highest BCUT2D eigenvalue weighted by Gasteiger charge is 2.34. The molecule has 2 aliphatic rings. The third-order valence-electron chi connectivity index (χ3n) is 5.76. The minimum Gasteiger partial charge on any atom is -0.471 e. The molecule has 0 radical (unpaired) electrons. The summed E-state index contributed by atoms with van der Waals surface area (Å²) in [6.07, 6.45) is 1.74. The number of halogens is 1. The SMILES string of the molecule is N#CC(CO)C1CCN(c2ccc(N3C[C@H](COc4ccon4)OC3=O)cc2F)CC1. The minimum absolute atomic E-state index is 0.113. The Morgan fingerprint density at radius 1 is 1.35 bits per heavy atom. The molecule has 164 valence electrons. The summed E-state index contributed by atoms with van der Waals surface area (Å²) >= 11 is 0. The highest BCUT2D eigenvalue weighted by Crippen LogP contribution is 2.32. The van der Waals surface area contributed by atoms with Crippen LogP contribution in [0.4, 0.5) is 20.6 Å². The van der Waals surface area contributed by atoms with Crippen LogP contribution in [0.5, 0.6) is 5.88 Å². The van der Waals surface area contributed by atoms with Crippen molar-refractivity contribution in [1.82, 2.24) is 5.16 Å². The van der Waals surface area contributed by atoms with Gasteiger partial charge in [-0.15, -0.1) is 0 Å². The van der Waals surface area contributed by atoms with Gasteiger partial charge < -0.3 is 24.0 Å². The molecule has 2 atom stereocenters. The molecular formula is C21H23FN4O5. The van der Waals surface area contributed by atoms with Gasteiger partial charge in [-0.2, -0.15) is 5.26 Å². The maximum Gasteiger partial charge on any atom is 0.414 e. The predicted molar refractivity (Wildman–Crippen MR) is 107 cm³/mol. The van der Waals surface area contributed by atoms with Crippen LogP contribution in [-0.2, 0) is 4.74 Å². The zero-order valence-corrected chi connectivity index (χ0v) is 16.8. The number of aromatic nitrogens is 1. The van der Waals surface area contributed by atoms with E-state index < -0.39 is 18.0 Å². The molecule has 1 N–H and O–H groups in total. The van der Waals surface area contributed by atoms with Gasteiger partial charge in [0, 0.05) is 19.2 Å². The number of hydrogen-bond acceptors (Lipinski definition) is 8. The number of hydrogen-bond donors (Lipinski definition) is 1. The van der Waals surface area contributed by atoms with E-state index in [0.29, 0.717) is 43.2 Å². The lowest BCUT2D eigenvalue weighted by molar-refractivity contribution is 0.102. The van der Waals surface area contributed by atoms with Gasteiger partial charge in [-0.1, -0.05) is 0 Å². The molecule has 1 amide bonds. The van der Waals surface area contributed by atoms with E-state index in [1.807, 2.05) is 4.90 Å². The predicted octanol–water partition coefficient (Wildman–Crippen LogP) is 2.57. The number of aliphatic hydroxyl groups excluding tert-OH is 1. The summed E-state index contributed by atoms with van der Waals surface area (Å²) in [5.41, 5.74) is 0.869. The van der Waals surface area contributed by atoms with Crippen LogP contribution in [0.3, 0.4) is 0 Å². The lowest BCUT2D eigenvalue weighted by Crippen LogP contribution is -2.37. The van der Waals surface area contributed by atoms with Crippen LogP contribution in [-0.4, -0.2) is 55.3 Å². The van der Waals surface area contributed by atoms with Crippen LogP contribution in [0.1, 0.15) is 12.8 Å². The number of nitrogens with zero attached hydrogens (tertiary/aromatic N) is 4. The van der Waals surface area contributed by atoms with Crippen LogP contribution >= 0.6 is 0 Å². The number of carbonyl (C=O) groups is 1. The fraction of sp³-hybridized carbons (Fsp3) is 0.476. The Hall–Kier alpha value is -3.32. The van der Waals surface area contributed by atoms with Gasteiger partial charge >= 0.3 is 6.09 Å². The number of carbonyl (C=O) groups excluding carboxylic acids is 1. The molecule has 2 fully saturated rings. The van der Waals surface area contributed by atoms with Crippen molar-refractivity contribution in [1.29, 1.82) is 5.26 Å². The van der Waals surface area contributed by atoms with E-state index in [1.54, 1.807) is 18.2 Å². The Morgan fingerprint density at radius 2 is 2.16 bits per heavy atom. The summed E-state index contributed by atoms with van der Waals surface area (Å²) in [7, 11) is 0. The number of ether oxygens (including phenoxy) is 2. The molecule has 31 heavy (non-hydrogen) atoms. The maximum atomic E-state index is 14.9. The number of piperidine rings is 1. The lowest BCUT2D eigenvalue weighted by atomic mass is 9.85. The molecule has 10 heteroatoms. The van der Waals surface area contributed by atoms with Crippen molar-refractivity contribution >= 4 is 17.5 Å². The molecule has 0 aliphatic carbocycles. The molecule has 1 aromatic carbocycles. The number of anilines is 2. The second kappa shape index (κ2) is 9.22. The topological polar surface area (TPSA) is 112 Å². The molecule has 9 nitrogen and oxygen atoms in total. The smallest absolute Gasteiger partial charge is 0.414 e. The van der Waals surface area contributed by atoms with E-state index in [0.717, 1.165) is 0 Å². The number of amides is 1. The third kappa shape index (κ3) is 4.56. The highest BCUT2D eigenvalue weighted by atomic mass is 19.1.